The van der Waals surface area contributed by atoms with Crippen LogP contribution in [0.3, 0.4) is 0 Å². The molecule has 0 radical (unpaired) electrons. The van der Waals surface area contributed by atoms with Crippen LogP contribution in [0.25, 0.3) is 0 Å². The van der Waals surface area contributed by atoms with E-state index in [-0.39, 0.29) is 58.4 Å². The summed E-state index contributed by atoms with van der Waals surface area (Å²) in [5.41, 5.74) is 0.485. The molecule has 4 rings (SSSR count). The third-order valence-electron chi connectivity index (χ3n) is 6.33. The molecule has 0 saturated heterocycles. The van der Waals surface area contributed by atoms with Crippen molar-refractivity contribution in [3.8, 4) is 5.75 Å². The van der Waals surface area contributed by atoms with Crippen LogP contribution in [0, 0.1) is 5.92 Å². The number of anilines is 1. The van der Waals surface area contributed by atoms with Gasteiger partial charge in [-0.2, -0.15) is 4.31 Å². The topological polar surface area (TPSA) is 142 Å². The van der Waals surface area contributed by atoms with Crippen molar-refractivity contribution < 1.29 is 27.9 Å². The van der Waals surface area contributed by atoms with Crippen molar-refractivity contribution in [3.63, 3.8) is 0 Å². The molecule has 0 fully saturated rings. The van der Waals surface area contributed by atoms with Crippen LogP contribution in [0.1, 0.15) is 34.7 Å². The van der Waals surface area contributed by atoms with E-state index in [2.05, 4.69) is 15.3 Å². The molecule has 3 atom stereocenters. The Balaban J connectivity index is 1.73. The van der Waals surface area contributed by atoms with Crippen molar-refractivity contribution in [1.29, 1.82) is 0 Å². The predicted octanol–water partition coefficient (Wildman–Crippen LogP) is 2.33. The Bertz CT molecular complexity index is 1380. The molecule has 0 unspecified atom stereocenters. The van der Waals surface area contributed by atoms with E-state index in [9.17, 15) is 23.1 Å². The lowest BCUT2D eigenvalue weighted by Crippen LogP contribution is -2.50. The zero-order valence-corrected chi connectivity index (χ0v) is 22.8. The van der Waals surface area contributed by atoms with Gasteiger partial charge in [0.05, 0.1) is 36.6 Å². The number of nitrogens with zero attached hydrogens (tertiary/aromatic N) is 4. The molecule has 0 saturated carbocycles. The van der Waals surface area contributed by atoms with Gasteiger partial charge in [0.2, 0.25) is 0 Å². The maximum atomic E-state index is 13.6. The smallest absolute Gasteiger partial charge is 0.275 e. The summed E-state index contributed by atoms with van der Waals surface area (Å²) in [6, 6.07) is 7.49. The highest BCUT2D eigenvalue weighted by Crippen LogP contribution is 2.35. The molecule has 202 valence electrons. The number of sulfonamides is 1. The SMILES string of the molecule is C[C@H](CO)N1C[C@H](C)[C@H](CN(C)S(=O)(=O)c2cccs2)Oc2c(NC(=O)c3cnccn3)cccc2C1=O. The first-order chi connectivity index (χ1) is 18.1. The normalized spacial score (nSPS) is 18.8. The Labute approximate surface area is 225 Å². The minimum Gasteiger partial charge on any atom is -0.486 e. The molecule has 13 heteroatoms. The second-order valence-electron chi connectivity index (χ2n) is 9.07. The number of aromatic nitrogens is 2. The maximum absolute atomic E-state index is 13.6. The number of likely N-dealkylation sites (N-methyl/N-ethyl adjacent to an activating group) is 1. The Morgan fingerprint density at radius 3 is 2.76 bits per heavy atom. The molecule has 3 heterocycles. The number of fused-ring (bicyclic) bond motifs is 1. The van der Waals surface area contributed by atoms with Crippen molar-refractivity contribution in [2.45, 2.75) is 30.2 Å². The Morgan fingerprint density at radius 1 is 1.32 bits per heavy atom. The lowest BCUT2D eigenvalue weighted by Gasteiger charge is -2.38. The number of aliphatic hydroxyl groups excluding tert-OH is 1. The van der Waals surface area contributed by atoms with Crippen LogP contribution in [-0.4, -0.2) is 83.4 Å². The van der Waals surface area contributed by atoms with E-state index >= 15 is 0 Å². The van der Waals surface area contributed by atoms with E-state index in [0.717, 1.165) is 11.3 Å². The number of benzene rings is 1. The maximum Gasteiger partial charge on any atom is 0.275 e. The van der Waals surface area contributed by atoms with Crippen LogP contribution in [0.4, 0.5) is 5.69 Å². The van der Waals surface area contributed by atoms with E-state index in [4.69, 9.17) is 4.74 Å². The monoisotopic (exact) mass is 559 g/mol. The van der Waals surface area contributed by atoms with Crippen LogP contribution >= 0.6 is 11.3 Å². The van der Waals surface area contributed by atoms with Gasteiger partial charge < -0.3 is 20.1 Å². The van der Waals surface area contributed by atoms with Gasteiger partial charge in [-0.05, 0) is 30.5 Å². The summed E-state index contributed by atoms with van der Waals surface area (Å²) in [7, 11) is -2.28. The second-order valence-corrected chi connectivity index (χ2v) is 12.3. The number of para-hydroxylation sites is 1. The molecule has 2 aromatic heterocycles. The summed E-state index contributed by atoms with van der Waals surface area (Å²) in [6.07, 6.45) is 3.46. The summed E-state index contributed by atoms with van der Waals surface area (Å²) < 4.78 is 34.1. The standard InChI is InChI=1S/C25H29N5O6S2/c1-16-13-30(17(2)15-31)25(33)18-6-4-7-19(28-24(32)20-12-26-9-10-27-20)23(18)36-21(16)14-29(3)38(34,35)22-8-5-11-37-22/h4-12,16-17,21,31H,13-15H2,1-3H3,(H,28,32)/t16-,17+,21-/m0/s1. The Kier molecular flexibility index (Phi) is 8.41. The van der Waals surface area contributed by atoms with Crippen molar-refractivity contribution in [3.05, 3.63) is 65.6 Å². The van der Waals surface area contributed by atoms with Crippen LogP contribution < -0.4 is 10.1 Å². The molecule has 2 N–H and O–H groups in total. The third-order valence-corrected chi connectivity index (χ3v) is 9.53. The number of amides is 2. The van der Waals surface area contributed by atoms with Crippen molar-refractivity contribution in [2.24, 2.45) is 5.92 Å². The fourth-order valence-corrected chi connectivity index (χ4v) is 6.46. The number of hydrogen-bond acceptors (Lipinski definition) is 9. The first-order valence-electron chi connectivity index (χ1n) is 11.9. The van der Waals surface area contributed by atoms with Gasteiger partial charge in [0.15, 0.2) is 5.75 Å². The first kappa shape index (κ1) is 27.6. The van der Waals surface area contributed by atoms with Gasteiger partial charge >= 0.3 is 0 Å². The fourth-order valence-electron chi connectivity index (χ4n) is 4.08. The van der Waals surface area contributed by atoms with Crippen molar-refractivity contribution in [2.75, 3.05) is 32.1 Å². The number of nitrogens with one attached hydrogen (secondary N) is 1. The second kappa shape index (κ2) is 11.6. The average Bonchev–Trinajstić information content (AvgIpc) is 3.47. The molecule has 38 heavy (non-hydrogen) atoms. The molecule has 1 aliphatic heterocycles. The summed E-state index contributed by atoms with van der Waals surface area (Å²) in [6.45, 7) is 3.55. The van der Waals surface area contributed by atoms with Gasteiger partial charge in [-0.3, -0.25) is 14.6 Å². The molecular formula is C25H29N5O6S2. The van der Waals surface area contributed by atoms with E-state index in [0.29, 0.717) is 0 Å². The zero-order chi connectivity index (χ0) is 27.4. The van der Waals surface area contributed by atoms with Crippen LogP contribution in [0.2, 0.25) is 0 Å². The fraction of sp³-hybridized carbons (Fsp3) is 0.360. The van der Waals surface area contributed by atoms with Gasteiger partial charge in [-0.25, -0.2) is 13.4 Å². The van der Waals surface area contributed by atoms with E-state index in [1.165, 1.54) is 36.0 Å². The molecule has 0 aliphatic carbocycles. The van der Waals surface area contributed by atoms with E-state index in [1.807, 2.05) is 6.92 Å². The van der Waals surface area contributed by atoms with E-state index < -0.39 is 28.1 Å². The third kappa shape index (κ3) is 5.70. The van der Waals surface area contributed by atoms with Gasteiger partial charge in [0, 0.05) is 31.9 Å². The average molecular weight is 560 g/mol. The number of hydrogen-bond donors (Lipinski definition) is 2. The summed E-state index contributed by atoms with van der Waals surface area (Å²) in [5.74, 6) is -1.14. The molecule has 0 bridgehead atoms. The molecular weight excluding hydrogens is 530 g/mol. The number of carbonyl (C=O) groups is 2. The Morgan fingerprint density at radius 2 is 2.11 bits per heavy atom. The van der Waals surface area contributed by atoms with Crippen LogP contribution in [0.5, 0.6) is 5.75 Å². The highest BCUT2D eigenvalue weighted by molar-refractivity contribution is 7.91. The number of rotatable bonds is 8. The number of carbonyl (C=O) groups excluding carboxylic acids is 2. The molecule has 1 aromatic carbocycles. The van der Waals surface area contributed by atoms with Gasteiger partial charge in [-0.15, -0.1) is 11.3 Å². The summed E-state index contributed by atoms with van der Waals surface area (Å²) >= 11 is 1.12. The van der Waals surface area contributed by atoms with Crippen molar-refractivity contribution in [1.82, 2.24) is 19.2 Å². The number of aliphatic hydroxyl groups is 1. The predicted molar refractivity (Wildman–Crippen MR) is 142 cm³/mol. The minimum absolute atomic E-state index is 0.0111. The zero-order valence-electron chi connectivity index (χ0n) is 21.1. The van der Waals surface area contributed by atoms with Gasteiger partial charge in [-0.1, -0.05) is 19.1 Å². The highest BCUT2D eigenvalue weighted by atomic mass is 32.2. The largest absolute Gasteiger partial charge is 0.486 e. The molecule has 1 aliphatic rings. The van der Waals surface area contributed by atoms with Gasteiger partial charge in [0.1, 0.15) is 16.0 Å². The van der Waals surface area contributed by atoms with Crippen LogP contribution in [-0.2, 0) is 10.0 Å². The lowest BCUT2D eigenvalue weighted by molar-refractivity contribution is 0.0388. The molecule has 3 aromatic rings. The van der Waals surface area contributed by atoms with E-state index in [1.54, 1.807) is 41.5 Å². The Hall–Kier alpha value is -3.39. The van der Waals surface area contributed by atoms with Crippen LogP contribution in [0.15, 0.2) is 58.5 Å². The highest BCUT2D eigenvalue weighted by Gasteiger charge is 2.36. The quantitative estimate of drug-likeness (QED) is 0.428. The summed E-state index contributed by atoms with van der Waals surface area (Å²) in [4.78, 5) is 35.9. The number of thiophene rings is 1. The van der Waals surface area contributed by atoms with Gasteiger partial charge in [0.25, 0.3) is 21.8 Å². The first-order valence-corrected chi connectivity index (χ1v) is 14.2. The minimum atomic E-state index is -3.76. The molecule has 0 spiro atoms. The summed E-state index contributed by atoms with van der Waals surface area (Å²) in [5, 5.41) is 14.3. The molecule has 2 amide bonds. The van der Waals surface area contributed by atoms with Crippen molar-refractivity contribution >= 4 is 38.9 Å². The number of ether oxygens (including phenoxy) is 1. The molecule has 11 nitrogen and oxygen atoms in total. The lowest BCUT2D eigenvalue weighted by atomic mass is 9.99.